The smallest absolute Gasteiger partial charge is 0.253 e. The van der Waals surface area contributed by atoms with E-state index in [1.165, 1.54) is 23.1 Å². The summed E-state index contributed by atoms with van der Waals surface area (Å²) in [6, 6.07) is 16.3. The second-order valence-electron chi connectivity index (χ2n) is 9.07. The Bertz CT molecular complexity index is 1300. The summed E-state index contributed by atoms with van der Waals surface area (Å²) in [7, 11) is 0. The number of H-pyrrole nitrogens is 1. The van der Waals surface area contributed by atoms with Gasteiger partial charge in [0.05, 0.1) is 0 Å². The first-order valence-electron chi connectivity index (χ1n) is 11.8. The molecule has 2 aromatic heterocycles. The standard InChI is InChI=1S/C26H30N6O/c1-18-15-21-17-22(26(33)27-23(21)16-19(18)2)24(31-12-7-4-8-13-31)25-28-29-30-32(25)14-11-20-9-5-3-6-10-20/h3,5-6,9-10,15-17,24H,4,7-8,11-14H2,1-2H3,(H,27,33)/t24-/m0/s1. The van der Waals surface area contributed by atoms with Crippen LogP contribution in [0.1, 0.15) is 53.4 Å². The van der Waals surface area contributed by atoms with Crippen molar-refractivity contribution in [3.8, 4) is 0 Å². The summed E-state index contributed by atoms with van der Waals surface area (Å²) < 4.78 is 1.87. The van der Waals surface area contributed by atoms with E-state index in [9.17, 15) is 4.79 Å². The minimum atomic E-state index is -0.272. The monoisotopic (exact) mass is 442 g/mol. The van der Waals surface area contributed by atoms with Crippen LogP contribution in [-0.2, 0) is 13.0 Å². The van der Waals surface area contributed by atoms with E-state index >= 15 is 0 Å². The molecule has 1 saturated heterocycles. The molecule has 0 saturated carbocycles. The Morgan fingerprint density at radius 2 is 1.76 bits per heavy atom. The molecule has 0 aliphatic carbocycles. The Kier molecular flexibility index (Phi) is 6.05. The number of hydrogen-bond donors (Lipinski definition) is 1. The first kappa shape index (κ1) is 21.5. The van der Waals surface area contributed by atoms with Gasteiger partial charge in [0.25, 0.3) is 5.56 Å². The number of likely N-dealkylation sites (tertiary alicyclic amines) is 1. The fourth-order valence-electron chi connectivity index (χ4n) is 4.82. The summed E-state index contributed by atoms with van der Waals surface area (Å²) in [6.45, 7) is 6.70. The Morgan fingerprint density at radius 1 is 1.00 bits per heavy atom. The molecule has 7 nitrogen and oxygen atoms in total. The maximum atomic E-state index is 13.3. The van der Waals surface area contributed by atoms with Crippen molar-refractivity contribution < 1.29 is 0 Å². The van der Waals surface area contributed by atoms with Crippen molar-refractivity contribution in [3.05, 3.63) is 87.0 Å². The molecule has 33 heavy (non-hydrogen) atoms. The van der Waals surface area contributed by atoms with Crippen LogP contribution >= 0.6 is 0 Å². The van der Waals surface area contributed by atoms with Gasteiger partial charge in [0, 0.05) is 17.6 Å². The number of hydrogen-bond acceptors (Lipinski definition) is 5. The molecular formula is C26H30N6O. The van der Waals surface area contributed by atoms with Crippen molar-refractivity contribution in [1.29, 1.82) is 0 Å². The Hall–Kier alpha value is -3.32. The lowest BCUT2D eigenvalue weighted by molar-refractivity contribution is 0.176. The normalized spacial score (nSPS) is 15.7. The van der Waals surface area contributed by atoms with E-state index in [-0.39, 0.29) is 11.6 Å². The molecule has 7 heteroatoms. The van der Waals surface area contributed by atoms with Crippen LogP contribution in [0.4, 0.5) is 0 Å². The van der Waals surface area contributed by atoms with Gasteiger partial charge in [-0.1, -0.05) is 36.8 Å². The zero-order valence-electron chi connectivity index (χ0n) is 19.3. The van der Waals surface area contributed by atoms with Gasteiger partial charge in [0.2, 0.25) is 0 Å². The highest BCUT2D eigenvalue weighted by atomic mass is 16.1. The molecule has 1 N–H and O–H groups in total. The first-order valence-corrected chi connectivity index (χ1v) is 11.8. The lowest BCUT2D eigenvalue weighted by atomic mass is 9.99. The van der Waals surface area contributed by atoms with Gasteiger partial charge < -0.3 is 4.98 Å². The van der Waals surface area contributed by atoms with Crippen LogP contribution in [0.2, 0.25) is 0 Å². The average molecular weight is 443 g/mol. The molecule has 0 unspecified atom stereocenters. The largest absolute Gasteiger partial charge is 0.322 e. The quantitative estimate of drug-likeness (QED) is 0.489. The summed E-state index contributed by atoms with van der Waals surface area (Å²) in [5, 5.41) is 13.8. The van der Waals surface area contributed by atoms with Gasteiger partial charge in [-0.3, -0.25) is 9.69 Å². The molecule has 1 aliphatic rings. The predicted molar refractivity (Wildman–Crippen MR) is 129 cm³/mol. The number of aryl methyl sites for hydroxylation is 4. The fourth-order valence-corrected chi connectivity index (χ4v) is 4.82. The summed E-state index contributed by atoms with van der Waals surface area (Å²) in [5.74, 6) is 0.738. The minimum absolute atomic E-state index is 0.0704. The molecule has 3 heterocycles. The molecule has 1 aliphatic heterocycles. The van der Waals surface area contributed by atoms with E-state index in [1.807, 2.05) is 28.9 Å². The van der Waals surface area contributed by atoms with Crippen LogP contribution in [-0.4, -0.2) is 43.2 Å². The van der Waals surface area contributed by atoms with Crippen LogP contribution in [0.25, 0.3) is 10.9 Å². The van der Waals surface area contributed by atoms with Gasteiger partial charge in [0.15, 0.2) is 5.82 Å². The molecule has 5 rings (SSSR count). The molecule has 1 atom stereocenters. The predicted octanol–water partition coefficient (Wildman–Crippen LogP) is 3.95. The summed E-state index contributed by atoms with van der Waals surface area (Å²) in [5.41, 5.74) is 5.13. The lowest BCUT2D eigenvalue weighted by Gasteiger charge is -2.33. The van der Waals surface area contributed by atoms with E-state index in [4.69, 9.17) is 0 Å². The highest BCUT2D eigenvalue weighted by Crippen LogP contribution is 2.30. The van der Waals surface area contributed by atoms with Crippen LogP contribution in [0.5, 0.6) is 0 Å². The van der Waals surface area contributed by atoms with Gasteiger partial charge in [-0.05, 0) is 96.9 Å². The SMILES string of the molecule is Cc1cc2cc([C@@H](c3nnnn3CCc3ccccc3)N3CCCCC3)c(=O)[nH]c2cc1C. The number of rotatable bonds is 6. The highest BCUT2D eigenvalue weighted by molar-refractivity contribution is 5.81. The molecule has 2 aromatic carbocycles. The van der Waals surface area contributed by atoms with Crippen LogP contribution < -0.4 is 5.56 Å². The number of fused-ring (bicyclic) bond motifs is 1. The lowest BCUT2D eigenvalue weighted by Crippen LogP contribution is -2.38. The third-order valence-electron chi connectivity index (χ3n) is 6.80. The summed E-state index contributed by atoms with van der Waals surface area (Å²) >= 11 is 0. The minimum Gasteiger partial charge on any atom is -0.322 e. The number of nitrogens with one attached hydrogen (secondary N) is 1. The average Bonchev–Trinajstić information content (AvgIpc) is 3.29. The Morgan fingerprint density at radius 3 is 2.55 bits per heavy atom. The first-order chi connectivity index (χ1) is 16.1. The van der Waals surface area contributed by atoms with Crippen LogP contribution in [0, 0.1) is 13.8 Å². The highest BCUT2D eigenvalue weighted by Gasteiger charge is 2.31. The van der Waals surface area contributed by atoms with Gasteiger partial charge in [0.1, 0.15) is 6.04 Å². The van der Waals surface area contributed by atoms with E-state index in [0.717, 1.165) is 49.1 Å². The third kappa shape index (κ3) is 4.46. The number of aromatic amines is 1. The number of tetrazole rings is 1. The van der Waals surface area contributed by atoms with Gasteiger partial charge >= 0.3 is 0 Å². The van der Waals surface area contributed by atoms with E-state index in [1.54, 1.807) is 0 Å². The van der Waals surface area contributed by atoms with Crippen molar-refractivity contribution in [1.82, 2.24) is 30.1 Å². The van der Waals surface area contributed by atoms with E-state index in [0.29, 0.717) is 12.1 Å². The summed E-state index contributed by atoms with van der Waals surface area (Å²) in [4.78, 5) is 18.8. The number of nitrogens with zero attached hydrogens (tertiary/aromatic N) is 5. The maximum Gasteiger partial charge on any atom is 0.253 e. The maximum absolute atomic E-state index is 13.3. The second kappa shape index (κ2) is 9.27. The molecular weight excluding hydrogens is 412 g/mol. The van der Waals surface area contributed by atoms with Gasteiger partial charge in [-0.15, -0.1) is 5.10 Å². The zero-order chi connectivity index (χ0) is 22.8. The van der Waals surface area contributed by atoms with Crippen molar-refractivity contribution >= 4 is 10.9 Å². The molecule has 0 amide bonds. The molecule has 170 valence electrons. The Balaban J connectivity index is 1.57. The van der Waals surface area contributed by atoms with Crippen molar-refractivity contribution in [2.24, 2.45) is 0 Å². The number of aromatic nitrogens is 5. The zero-order valence-corrected chi connectivity index (χ0v) is 19.3. The molecule has 0 radical (unpaired) electrons. The molecule has 1 fully saturated rings. The molecule has 4 aromatic rings. The van der Waals surface area contributed by atoms with Gasteiger partial charge in [-0.2, -0.15) is 0 Å². The van der Waals surface area contributed by atoms with Crippen molar-refractivity contribution in [3.63, 3.8) is 0 Å². The number of pyridine rings is 1. The topological polar surface area (TPSA) is 79.7 Å². The molecule has 0 bridgehead atoms. The van der Waals surface area contributed by atoms with Gasteiger partial charge in [-0.25, -0.2) is 4.68 Å². The van der Waals surface area contributed by atoms with Crippen molar-refractivity contribution in [2.45, 2.75) is 52.1 Å². The summed E-state index contributed by atoms with van der Waals surface area (Å²) in [6.07, 6.45) is 4.28. The van der Waals surface area contributed by atoms with Crippen LogP contribution in [0.3, 0.4) is 0 Å². The third-order valence-corrected chi connectivity index (χ3v) is 6.80. The Labute approximate surface area is 193 Å². The van der Waals surface area contributed by atoms with E-state index < -0.39 is 0 Å². The van der Waals surface area contributed by atoms with E-state index in [2.05, 4.69) is 63.5 Å². The second-order valence-corrected chi connectivity index (χ2v) is 9.07. The van der Waals surface area contributed by atoms with Crippen LogP contribution in [0.15, 0.2) is 53.3 Å². The number of benzene rings is 2. The molecule has 0 spiro atoms. The number of piperidine rings is 1. The van der Waals surface area contributed by atoms with Crippen molar-refractivity contribution in [2.75, 3.05) is 13.1 Å². The fraction of sp³-hybridized carbons (Fsp3) is 0.385.